The first-order valence-corrected chi connectivity index (χ1v) is 13.8. The second-order valence-electron chi connectivity index (χ2n) is 14.5. The van der Waals surface area contributed by atoms with E-state index in [0.29, 0.717) is 30.5 Å². The van der Waals surface area contributed by atoms with E-state index in [1.54, 1.807) is 19.4 Å². The molecule has 0 heterocycles. The van der Waals surface area contributed by atoms with Gasteiger partial charge in [0.05, 0.1) is 17.8 Å². The minimum absolute atomic E-state index is 0.0110. The summed E-state index contributed by atoms with van der Waals surface area (Å²) in [5.74, 6) is 1.77. The maximum Gasteiger partial charge on any atom is 0.138 e. The zero-order valence-electron chi connectivity index (χ0n) is 22.9. The fraction of sp³-hybridized carbons (Fsp3) is 0.900. The van der Waals surface area contributed by atoms with Gasteiger partial charge in [0.1, 0.15) is 5.78 Å². The molecule has 0 amide bonds. The van der Waals surface area contributed by atoms with Crippen LogP contribution in [0.25, 0.3) is 0 Å². The maximum absolute atomic E-state index is 12.8. The Hall–Kier alpha value is -0.710. The lowest BCUT2D eigenvalue weighted by Crippen LogP contribution is -2.57. The minimum Gasteiger partial charge on any atom is -0.393 e. The van der Waals surface area contributed by atoms with Crippen molar-refractivity contribution in [1.29, 1.82) is 0 Å². The van der Waals surface area contributed by atoms with Crippen molar-refractivity contribution in [3.05, 3.63) is 11.6 Å². The molecule has 3 saturated carbocycles. The van der Waals surface area contributed by atoms with Gasteiger partial charge in [0.15, 0.2) is 0 Å². The predicted octanol–water partition coefficient (Wildman–Crippen LogP) is 5.68. The van der Waals surface area contributed by atoms with Crippen LogP contribution in [0.5, 0.6) is 0 Å². The fourth-order valence-corrected chi connectivity index (χ4v) is 9.58. The largest absolute Gasteiger partial charge is 0.393 e. The summed E-state index contributed by atoms with van der Waals surface area (Å²) in [5.41, 5.74) is 0.329. The zero-order valence-corrected chi connectivity index (χ0v) is 22.9. The van der Waals surface area contributed by atoms with Crippen LogP contribution in [0.2, 0.25) is 0 Å². The van der Waals surface area contributed by atoms with Gasteiger partial charge in [-0.2, -0.15) is 0 Å². The van der Waals surface area contributed by atoms with Crippen molar-refractivity contribution >= 4 is 5.78 Å². The molecule has 9 atom stereocenters. The Bertz CT molecular complexity index is 852. The smallest absolute Gasteiger partial charge is 0.138 e. The molecule has 0 unspecified atom stereocenters. The van der Waals surface area contributed by atoms with E-state index in [4.69, 9.17) is 0 Å². The number of carbonyl (C=O) groups excluding carboxylic acids is 1. The second kappa shape index (κ2) is 8.15. The first-order valence-electron chi connectivity index (χ1n) is 13.8. The number of ketones is 1. The van der Waals surface area contributed by atoms with Crippen LogP contribution in [0, 0.1) is 45.3 Å². The first kappa shape index (κ1) is 26.4. The molecule has 0 spiro atoms. The first-order chi connectivity index (χ1) is 15.5. The van der Waals surface area contributed by atoms with Gasteiger partial charge in [0, 0.05) is 11.8 Å². The van der Waals surface area contributed by atoms with Crippen molar-refractivity contribution < 1.29 is 20.1 Å². The quantitative estimate of drug-likeness (QED) is 0.448. The van der Waals surface area contributed by atoms with Crippen molar-refractivity contribution in [3.8, 4) is 0 Å². The van der Waals surface area contributed by atoms with Crippen LogP contribution < -0.4 is 0 Å². The van der Waals surface area contributed by atoms with Crippen molar-refractivity contribution in [1.82, 2.24) is 0 Å². The molecule has 4 aliphatic carbocycles. The Morgan fingerprint density at radius 3 is 2.38 bits per heavy atom. The molecule has 4 heteroatoms. The molecule has 4 nitrogen and oxygen atoms in total. The summed E-state index contributed by atoms with van der Waals surface area (Å²) >= 11 is 0. The van der Waals surface area contributed by atoms with Crippen LogP contribution >= 0.6 is 0 Å². The van der Waals surface area contributed by atoms with Gasteiger partial charge in [0.2, 0.25) is 0 Å². The van der Waals surface area contributed by atoms with Crippen molar-refractivity contribution in [2.45, 2.75) is 125 Å². The van der Waals surface area contributed by atoms with E-state index in [2.05, 4.69) is 47.6 Å². The van der Waals surface area contributed by atoms with Crippen LogP contribution in [0.3, 0.4) is 0 Å². The van der Waals surface area contributed by atoms with Crippen molar-refractivity contribution in [3.63, 3.8) is 0 Å². The normalized spacial score (nSPS) is 45.6. The highest BCUT2D eigenvalue weighted by Crippen LogP contribution is 2.73. The molecule has 0 aliphatic heterocycles. The molecule has 3 N–H and O–H groups in total. The van der Waals surface area contributed by atoms with Gasteiger partial charge in [0.25, 0.3) is 0 Å². The molecule has 4 rings (SSSR count). The number of hydrogen-bond acceptors (Lipinski definition) is 4. The number of aliphatic hydroxyl groups is 3. The van der Waals surface area contributed by atoms with Crippen molar-refractivity contribution in [2.75, 3.05) is 0 Å². The average molecular weight is 475 g/mol. The monoisotopic (exact) mass is 474 g/mol. The Morgan fingerprint density at radius 2 is 1.76 bits per heavy atom. The Balaban J connectivity index is 1.63. The molecule has 0 aromatic rings. The van der Waals surface area contributed by atoms with Crippen molar-refractivity contribution in [2.24, 2.45) is 45.3 Å². The lowest BCUT2D eigenvalue weighted by molar-refractivity contribution is -0.146. The van der Waals surface area contributed by atoms with E-state index in [1.807, 2.05) is 0 Å². The van der Waals surface area contributed by atoms with Gasteiger partial charge in [-0.05, 0) is 98.7 Å². The van der Waals surface area contributed by atoms with Crippen LogP contribution in [-0.2, 0) is 4.79 Å². The van der Waals surface area contributed by atoms with Gasteiger partial charge in [-0.15, -0.1) is 0 Å². The molecule has 0 radical (unpaired) electrons. The topological polar surface area (TPSA) is 77.8 Å². The van der Waals surface area contributed by atoms with Crippen LogP contribution in [-0.4, -0.2) is 38.9 Å². The van der Waals surface area contributed by atoms with Gasteiger partial charge in [-0.3, -0.25) is 4.79 Å². The Morgan fingerprint density at radius 1 is 1.12 bits per heavy atom. The third-order valence-electron chi connectivity index (χ3n) is 12.0. The molecular weight excluding hydrogens is 424 g/mol. The summed E-state index contributed by atoms with van der Waals surface area (Å²) in [6.07, 6.45) is 8.45. The van der Waals surface area contributed by atoms with E-state index in [-0.39, 0.29) is 39.6 Å². The number of hydrogen-bond donors (Lipinski definition) is 3. The zero-order chi connectivity index (χ0) is 25.5. The summed E-state index contributed by atoms with van der Waals surface area (Å²) in [6.45, 7) is 17.2. The number of Topliss-reactive ketones (excluding diaryl/α,β-unsaturated/α-hetero) is 1. The SMILES string of the molecule is C[C@H](CC[C@@H](O)C(C)(C)O)[C@@H]1[C@@H](O)C[C@]2(C)C3=CC[C@H]4C(C)(C)C(=O)CC[C@]4(C)[C@H]3CC[C@@]12C. The summed E-state index contributed by atoms with van der Waals surface area (Å²) in [5, 5.41) is 32.0. The van der Waals surface area contributed by atoms with E-state index in [1.165, 1.54) is 0 Å². The molecule has 0 aromatic heterocycles. The summed E-state index contributed by atoms with van der Waals surface area (Å²) in [6, 6.07) is 0. The number of carbonyl (C=O) groups is 1. The average Bonchev–Trinajstić information content (AvgIpc) is 2.93. The summed E-state index contributed by atoms with van der Waals surface area (Å²) < 4.78 is 0. The highest BCUT2D eigenvalue weighted by atomic mass is 16.3. The molecule has 3 fully saturated rings. The molecule has 34 heavy (non-hydrogen) atoms. The number of rotatable bonds is 5. The number of allylic oxidation sites excluding steroid dienone is 2. The minimum atomic E-state index is -1.10. The second-order valence-corrected chi connectivity index (χ2v) is 14.5. The molecule has 0 saturated heterocycles. The van der Waals surface area contributed by atoms with E-state index in [0.717, 1.165) is 38.5 Å². The van der Waals surface area contributed by atoms with Gasteiger partial charge < -0.3 is 15.3 Å². The third kappa shape index (κ3) is 3.60. The summed E-state index contributed by atoms with van der Waals surface area (Å²) in [7, 11) is 0. The van der Waals surface area contributed by atoms with Gasteiger partial charge >= 0.3 is 0 Å². The molecule has 0 bridgehead atoms. The van der Waals surface area contributed by atoms with Crippen LogP contribution in [0.15, 0.2) is 11.6 Å². The van der Waals surface area contributed by atoms with Crippen LogP contribution in [0.1, 0.15) is 107 Å². The van der Waals surface area contributed by atoms with E-state index >= 15 is 0 Å². The van der Waals surface area contributed by atoms with Crippen LogP contribution in [0.4, 0.5) is 0 Å². The standard InChI is InChI=1S/C30H50O4/c1-18(9-12-24(33)27(4,5)34)25-21(31)17-30(8)20-10-11-22-26(2,3)23(32)14-15-28(22,6)19(20)13-16-29(25,30)7/h10,18-19,21-22,24-25,31,33-34H,9,11-17H2,1-8H3/t18-,19+,21+,22+,24-,25-,28-,29+,30-/m1/s1. The van der Waals surface area contributed by atoms with E-state index < -0.39 is 11.7 Å². The van der Waals surface area contributed by atoms with E-state index in [9.17, 15) is 20.1 Å². The lowest BCUT2D eigenvalue weighted by atomic mass is 9.41. The number of fused-ring (bicyclic) bond motifs is 5. The molecule has 194 valence electrons. The highest BCUT2D eigenvalue weighted by Gasteiger charge is 2.67. The molecule has 4 aliphatic rings. The molecule has 0 aromatic carbocycles. The maximum atomic E-state index is 12.8. The Kier molecular flexibility index (Phi) is 6.32. The van der Waals surface area contributed by atoms with Gasteiger partial charge in [-0.1, -0.05) is 53.2 Å². The Labute approximate surface area is 207 Å². The fourth-order valence-electron chi connectivity index (χ4n) is 9.58. The highest BCUT2D eigenvalue weighted by molar-refractivity contribution is 5.85. The molecular formula is C30H50O4. The van der Waals surface area contributed by atoms with Gasteiger partial charge in [-0.25, -0.2) is 0 Å². The summed E-state index contributed by atoms with van der Waals surface area (Å²) in [4.78, 5) is 12.8. The number of aliphatic hydroxyl groups excluding tert-OH is 2. The third-order valence-corrected chi connectivity index (χ3v) is 12.0. The predicted molar refractivity (Wildman–Crippen MR) is 136 cm³/mol. The lowest BCUT2D eigenvalue weighted by Gasteiger charge is -2.63.